The molecule has 0 amide bonds. The van der Waals surface area contributed by atoms with Gasteiger partial charge in [-0.3, -0.25) is 0 Å². The number of allylic oxidation sites excluding steroid dienone is 5. The highest BCUT2D eigenvalue weighted by atomic mass is 79.9. The van der Waals surface area contributed by atoms with Crippen LogP contribution in [-0.4, -0.2) is 14.8 Å². The van der Waals surface area contributed by atoms with Crippen LogP contribution in [0.25, 0.3) is 28.3 Å². The van der Waals surface area contributed by atoms with Gasteiger partial charge in [-0.05, 0) is 35.7 Å². The van der Waals surface area contributed by atoms with Crippen molar-refractivity contribution in [2.24, 2.45) is 0 Å². The fourth-order valence-electron chi connectivity index (χ4n) is 2.09. The van der Waals surface area contributed by atoms with Gasteiger partial charge in [-0.2, -0.15) is 5.10 Å². The third kappa shape index (κ3) is 2.94. The standard InChI is InChI=1S/C17H14BrN3O/c1-3-6-14(9-12(2)18)21-11-13(10-19-21)17-20-15-7-4-5-8-16(15)22-17/h3-11H,1H2,2H3/b12-9+,14-6+. The highest BCUT2D eigenvalue weighted by Gasteiger charge is 2.10. The highest BCUT2D eigenvalue weighted by molar-refractivity contribution is 9.11. The molecule has 0 saturated carbocycles. The molecule has 5 heteroatoms. The second-order valence-electron chi connectivity index (χ2n) is 4.72. The van der Waals surface area contributed by atoms with E-state index in [9.17, 15) is 0 Å². The maximum atomic E-state index is 5.76. The first kappa shape index (κ1) is 14.5. The van der Waals surface area contributed by atoms with Crippen LogP contribution in [0.2, 0.25) is 0 Å². The largest absolute Gasteiger partial charge is 0.436 e. The zero-order valence-electron chi connectivity index (χ0n) is 12.0. The van der Waals surface area contributed by atoms with Gasteiger partial charge >= 0.3 is 0 Å². The Labute approximate surface area is 136 Å². The molecular weight excluding hydrogens is 342 g/mol. The van der Waals surface area contributed by atoms with Crippen LogP contribution in [0, 0.1) is 0 Å². The molecule has 4 nitrogen and oxygen atoms in total. The molecule has 2 aromatic heterocycles. The van der Waals surface area contributed by atoms with Crippen molar-refractivity contribution in [3.05, 3.63) is 65.9 Å². The first-order valence-corrected chi connectivity index (χ1v) is 7.54. The Morgan fingerprint density at radius 3 is 2.91 bits per heavy atom. The maximum Gasteiger partial charge on any atom is 0.230 e. The number of oxazole rings is 1. The zero-order chi connectivity index (χ0) is 15.5. The van der Waals surface area contributed by atoms with E-state index in [1.807, 2.05) is 49.5 Å². The zero-order valence-corrected chi connectivity index (χ0v) is 13.6. The van der Waals surface area contributed by atoms with Crippen molar-refractivity contribution in [1.29, 1.82) is 0 Å². The first-order chi connectivity index (χ1) is 10.7. The molecule has 2 heterocycles. The Bertz CT molecular complexity index is 849. The molecule has 1 aromatic carbocycles. The van der Waals surface area contributed by atoms with E-state index in [0.29, 0.717) is 5.89 Å². The average molecular weight is 356 g/mol. The molecule has 0 fully saturated rings. The van der Waals surface area contributed by atoms with Crippen LogP contribution >= 0.6 is 15.9 Å². The SMILES string of the molecule is C=C/C=C(\C=C(/C)Br)n1cc(-c2nc3ccccc3o2)cn1. The maximum absolute atomic E-state index is 5.76. The molecule has 3 rings (SSSR count). The molecular formula is C17H14BrN3O. The van der Waals surface area contributed by atoms with Crippen LogP contribution in [0.3, 0.4) is 0 Å². The minimum atomic E-state index is 0.560. The van der Waals surface area contributed by atoms with Gasteiger partial charge in [0.05, 0.1) is 17.5 Å². The Morgan fingerprint density at radius 1 is 1.36 bits per heavy atom. The molecule has 0 atom stereocenters. The summed E-state index contributed by atoms with van der Waals surface area (Å²) in [5, 5.41) is 4.37. The number of para-hydroxylation sites is 2. The number of fused-ring (bicyclic) bond motifs is 1. The number of nitrogens with zero attached hydrogens (tertiary/aromatic N) is 3. The predicted octanol–water partition coefficient (Wildman–Crippen LogP) is 5.02. The van der Waals surface area contributed by atoms with Gasteiger partial charge in [-0.15, -0.1) is 0 Å². The molecule has 0 aliphatic carbocycles. The van der Waals surface area contributed by atoms with Crippen LogP contribution in [0.4, 0.5) is 0 Å². The van der Waals surface area contributed by atoms with E-state index in [-0.39, 0.29) is 0 Å². The molecule has 0 aliphatic rings. The van der Waals surface area contributed by atoms with Crippen molar-refractivity contribution in [1.82, 2.24) is 14.8 Å². The van der Waals surface area contributed by atoms with Crippen molar-refractivity contribution in [2.45, 2.75) is 6.92 Å². The summed E-state index contributed by atoms with van der Waals surface area (Å²) in [6.07, 6.45) is 9.19. The van der Waals surface area contributed by atoms with Crippen LogP contribution in [0.15, 0.2) is 70.4 Å². The Morgan fingerprint density at radius 2 is 2.18 bits per heavy atom. The van der Waals surface area contributed by atoms with Crippen LogP contribution in [0.1, 0.15) is 6.92 Å². The fourth-order valence-corrected chi connectivity index (χ4v) is 2.32. The quantitative estimate of drug-likeness (QED) is 0.617. The number of hydrogen-bond acceptors (Lipinski definition) is 3. The smallest absolute Gasteiger partial charge is 0.230 e. The molecule has 0 spiro atoms. The van der Waals surface area contributed by atoms with Gasteiger partial charge in [0.15, 0.2) is 5.58 Å². The van der Waals surface area contributed by atoms with Crippen molar-refractivity contribution >= 4 is 32.7 Å². The monoisotopic (exact) mass is 355 g/mol. The van der Waals surface area contributed by atoms with E-state index in [1.165, 1.54) is 0 Å². The second kappa shape index (κ2) is 6.15. The molecule has 0 N–H and O–H groups in total. The van der Waals surface area contributed by atoms with Gasteiger partial charge in [-0.25, -0.2) is 9.67 Å². The Hall–Kier alpha value is -2.40. The lowest BCUT2D eigenvalue weighted by Gasteiger charge is -2.01. The Balaban J connectivity index is 2.01. The van der Waals surface area contributed by atoms with E-state index in [4.69, 9.17) is 4.42 Å². The molecule has 3 aromatic rings. The molecule has 0 bridgehead atoms. The van der Waals surface area contributed by atoms with Crippen molar-refractivity contribution in [3.63, 3.8) is 0 Å². The first-order valence-electron chi connectivity index (χ1n) is 6.75. The van der Waals surface area contributed by atoms with E-state index in [1.54, 1.807) is 17.0 Å². The topological polar surface area (TPSA) is 43.9 Å². The lowest BCUT2D eigenvalue weighted by molar-refractivity contribution is 0.620. The number of hydrogen-bond donors (Lipinski definition) is 0. The molecule has 22 heavy (non-hydrogen) atoms. The van der Waals surface area contributed by atoms with Crippen molar-refractivity contribution < 1.29 is 4.42 Å². The molecule has 0 radical (unpaired) electrons. The highest BCUT2D eigenvalue weighted by Crippen LogP contribution is 2.24. The minimum absolute atomic E-state index is 0.560. The van der Waals surface area contributed by atoms with Gasteiger partial charge < -0.3 is 4.42 Å². The van der Waals surface area contributed by atoms with Crippen molar-refractivity contribution in [2.75, 3.05) is 0 Å². The number of aromatic nitrogens is 3. The third-order valence-electron chi connectivity index (χ3n) is 3.02. The molecule has 0 aliphatic heterocycles. The number of halogens is 1. The van der Waals surface area contributed by atoms with E-state index < -0.39 is 0 Å². The summed E-state index contributed by atoms with van der Waals surface area (Å²) < 4.78 is 8.52. The Kier molecular flexibility index (Phi) is 4.06. The van der Waals surface area contributed by atoms with Crippen LogP contribution < -0.4 is 0 Å². The molecule has 110 valence electrons. The van der Waals surface area contributed by atoms with Crippen LogP contribution in [0.5, 0.6) is 0 Å². The lowest BCUT2D eigenvalue weighted by atomic mass is 10.3. The van der Waals surface area contributed by atoms with E-state index in [0.717, 1.165) is 26.8 Å². The van der Waals surface area contributed by atoms with E-state index in [2.05, 4.69) is 32.6 Å². The normalized spacial score (nSPS) is 12.8. The summed E-state index contributed by atoms with van der Waals surface area (Å²) in [5.41, 5.74) is 3.32. The van der Waals surface area contributed by atoms with Crippen molar-refractivity contribution in [3.8, 4) is 11.5 Å². The summed E-state index contributed by atoms with van der Waals surface area (Å²) in [4.78, 5) is 4.48. The number of rotatable bonds is 4. The second-order valence-corrected chi connectivity index (χ2v) is 5.97. The van der Waals surface area contributed by atoms with Gasteiger partial charge in [0.1, 0.15) is 5.52 Å². The summed E-state index contributed by atoms with van der Waals surface area (Å²) in [6, 6.07) is 7.69. The predicted molar refractivity (Wildman–Crippen MR) is 92.4 cm³/mol. The summed E-state index contributed by atoms with van der Waals surface area (Å²) in [7, 11) is 0. The average Bonchev–Trinajstić information content (AvgIpc) is 3.13. The summed E-state index contributed by atoms with van der Waals surface area (Å²) in [5.74, 6) is 0.560. The number of benzene rings is 1. The minimum Gasteiger partial charge on any atom is -0.436 e. The molecule has 0 unspecified atom stereocenters. The van der Waals surface area contributed by atoms with Gasteiger partial charge in [-0.1, -0.05) is 40.7 Å². The lowest BCUT2D eigenvalue weighted by Crippen LogP contribution is -1.94. The summed E-state index contributed by atoms with van der Waals surface area (Å²) in [6.45, 7) is 5.69. The fraction of sp³-hybridized carbons (Fsp3) is 0.0588. The molecule has 0 saturated heterocycles. The van der Waals surface area contributed by atoms with Crippen LogP contribution in [-0.2, 0) is 0 Å². The third-order valence-corrected chi connectivity index (χ3v) is 3.25. The van der Waals surface area contributed by atoms with E-state index >= 15 is 0 Å². The van der Waals surface area contributed by atoms with Gasteiger partial charge in [0.25, 0.3) is 0 Å². The van der Waals surface area contributed by atoms with Gasteiger partial charge in [0.2, 0.25) is 5.89 Å². The van der Waals surface area contributed by atoms with Gasteiger partial charge in [0, 0.05) is 6.20 Å². The summed E-state index contributed by atoms with van der Waals surface area (Å²) >= 11 is 3.43.